The van der Waals surface area contributed by atoms with Crippen molar-refractivity contribution in [2.45, 2.75) is 0 Å². The molecule has 0 radical (unpaired) electrons. The van der Waals surface area contributed by atoms with Crippen molar-refractivity contribution in [3.63, 3.8) is 0 Å². The summed E-state index contributed by atoms with van der Waals surface area (Å²) < 4.78 is 0. The molecule has 0 aliphatic rings. The van der Waals surface area contributed by atoms with Crippen molar-refractivity contribution >= 4 is 0 Å². The standard InChI is InChI=1S/C12H13N.ClH/c1-2-10-13-11-6-9-12-7-4-3-5-8-12;/h2-5,7-8,13H,1,10-11H2;1H/p-1. The monoisotopic (exact) mass is 206 g/mol. The molecule has 0 amide bonds. The van der Waals surface area contributed by atoms with E-state index in [4.69, 9.17) is 0 Å². The molecule has 1 rings (SSSR count). The first-order chi connectivity index (χ1) is 6.43. The molecule has 0 spiro atoms. The van der Waals surface area contributed by atoms with Gasteiger partial charge in [0.15, 0.2) is 0 Å². The summed E-state index contributed by atoms with van der Waals surface area (Å²) in [7, 11) is 0. The van der Waals surface area contributed by atoms with Crippen LogP contribution in [0.25, 0.3) is 0 Å². The zero-order chi connectivity index (χ0) is 9.36. The van der Waals surface area contributed by atoms with Crippen molar-refractivity contribution in [2.24, 2.45) is 0 Å². The molecule has 1 aromatic rings. The van der Waals surface area contributed by atoms with Gasteiger partial charge < -0.3 is 17.7 Å². The summed E-state index contributed by atoms with van der Waals surface area (Å²) in [5, 5.41) is 3.11. The van der Waals surface area contributed by atoms with E-state index in [1.54, 1.807) is 0 Å². The van der Waals surface area contributed by atoms with Gasteiger partial charge in [0.25, 0.3) is 0 Å². The minimum atomic E-state index is 0. The van der Waals surface area contributed by atoms with Crippen LogP contribution < -0.4 is 17.7 Å². The van der Waals surface area contributed by atoms with E-state index in [-0.39, 0.29) is 12.4 Å². The van der Waals surface area contributed by atoms with Crippen LogP contribution in [0.3, 0.4) is 0 Å². The second kappa shape index (κ2) is 8.37. The molecule has 1 N–H and O–H groups in total. The lowest BCUT2D eigenvalue weighted by Crippen LogP contribution is -3.00. The third-order valence-electron chi connectivity index (χ3n) is 1.51. The van der Waals surface area contributed by atoms with E-state index in [9.17, 15) is 0 Å². The van der Waals surface area contributed by atoms with E-state index in [0.29, 0.717) is 6.54 Å². The fourth-order valence-electron chi connectivity index (χ4n) is 0.904. The zero-order valence-corrected chi connectivity index (χ0v) is 8.72. The SMILES string of the molecule is C=CCNCC#Cc1ccccc1.[Cl-]. The van der Waals surface area contributed by atoms with Gasteiger partial charge in [0.1, 0.15) is 0 Å². The molecular weight excluding hydrogens is 194 g/mol. The van der Waals surface area contributed by atoms with Crippen molar-refractivity contribution in [2.75, 3.05) is 13.1 Å². The first-order valence-electron chi connectivity index (χ1n) is 4.29. The normalized spacial score (nSPS) is 8.00. The maximum atomic E-state index is 3.61. The molecular formula is C12H13ClN-. The van der Waals surface area contributed by atoms with Crippen molar-refractivity contribution < 1.29 is 12.4 Å². The highest BCUT2D eigenvalue weighted by Gasteiger charge is 1.80. The lowest BCUT2D eigenvalue weighted by Gasteiger charge is -1.90. The molecule has 1 aromatic carbocycles. The van der Waals surface area contributed by atoms with Crippen molar-refractivity contribution in [1.82, 2.24) is 5.32 Å². The molecule has 2 heteroatoms. The van der Waals surface area contributed by atoms with E-state index in [1.165, 1.54) is 0 Å². The number of hydrogen-bond donors (Lipinski definition) is 1. The van der Waals surface area contributed by atoms with E-state index < -0.39 is 0 Å². The fourth-order valence-corrected chi connectivity index (χ4v) is 0.904. The van der Waals surface area contributed by atoms with E-state index >= 15 is 0 Å². The largest absolute Gasteiger partial charge is 1.00 e. The lowest BCUT2D eigenvalue weighted by molar-refractivity contribution is -0.00000263. The average molecular weight is 207 g/mol. The maximum Gasteiger partial charge on any atom is 0.0582 e. The highest BCUT2D eigenvalue weighted by Crippen LogP contribution is 1.93. The van der Waals surface area contributed by atoms with Gasteiger partial charge in [-0.3, -0.25) is 0 Å². The topological polar surface area (TPSA) is 12.0 Å². The molecule has 0 saturated heterocycles. The van der Waals surface area contributed by atoms with Crippen molar-refractivity contribution in [1.29, 1.82) is 0 Å². The van der Waals surface area contributed by atoms with Gasteiger partial charge in [-0.25, -0.2) is 0 Å². The Morgan fingerprint density at radius 1 is 1.29 bits per heavy atom. The molecule has 0 aliphatic carbocycles. The maximum absolute atomic E-state index is 3.61. The summed E-state index contributed by atoms with van der Waals surface area (Å²) in [6.07, 6.45) is 1.82. The molecule has 0 atom stereocenters. The predicted molar refractivity (Wildman–Crippen MR) is 56.4 cm³/mol. The van der Waals surface area contributed by atoms with Crippen LogP contribution in [0.15, 0.2) is 43.0 Å². The highest BCUT2D eigenvalue weighted by molar-refractivity contribution is 5.33. The number of rotatable bonds is 3. The predicted octanol–water partition coefficient (Wildman–Crippen LogP) is -1.18. The van der Waals surface area contributed by atoms with Gasteiger partial charge in [-0.1, -0.05) is 36.1 Å². The average Bonchev–Trinajstić information content (AvgIpc) is 2.19. The smallest absolute Gasteiger partial charge is 0.0582 e. The minimum Gasteiger partial charge on any atom is -1.00 e. The third-order valence-corrected chi connectivity index (χ3v) is 1.51. The van der Waals surface area contributed by atoms with Gasteiger partial charge in [-0.15, -0.1) is 6.58 Å². The van der Waals surface area contributed by atoms with Crippen molar-refractivity contribution in [3.8, 4) is 11.8 Å². The van der Waals surface area contributed by atoms with Gasteiger partial charge >= 0.3 is 0 Å². The Labute approximate surface area is 91.6 Å². The summed E-state index contributed by atoms with van der Waals surface area (Å²) in [5.74, 6) is 6.08. The van der Waals surface area contributed by atoms with Gasteiger partial charge in [-0.05, 0) is 12.1 Å². The molecule has 0 aromatic heterocycles. The minimum absolute atomic E-state index is 0. The molecule has 0 bridgehead atoms. The summed E-state index contributed by atoms with van der Waals surface area (Å²) in [6, 6.07) is 9.96. The van der Waals surface area contributed by atoms with Crippen LogP contribution in [-0.2, 0) is 0 Å². The van der Waals surface area contributed by atoms with E-state index in [2.05, 4.69) is 23.7 Å². The van der Waals surface area contributed by atoms with Crippen LogP contribution in [0, 0.1) is 11.8 Å². The first kappa shape index (κ1) is 12.8. The van der Waals surface area contributed by atoms with Crippen LogP contribution in [0.5, 0.6) is 0 Å². The Hall–Kier alpha value is -1.23. The summed E-state index contributed by atoms with van der Waals surface area (Å²) in [5.41, 5.74) is 1.06. The second-order valence-corrected chi connectivity index (χ2v) is 2.59. The molecule has 14 heavy (non-hydrogen) atoms. The summed E-state index contributed by atoms with van der Waals surface area (Å²) in [4.78, 5) is 0. The molecule has 0 aliphatic heterocycles. The van der Waals surface area contributed by atoms with Crippen LogP contribution in [0.4, 0.5) is 0 Å². The Morgan fingerprint density at radius 2 is 2.00 bits per heavy atom. The quantitative estimate of drug-likeness (QED) is 0.373. The number of hydrogen-bond acceptors (Lipinski definition) is 1. The molecule has 74 valence electrons. The Bertz CT molecular complexity index is 308. The Balaban J connectivity index is 0.00000169. The molecule has 1 nitrogen and oxygen atoms in total. The summed E-state index contributed by atoms with van der Waals surface area (Å²) >= 11 is 0. The lowest BCUT2D eigenvalue weighted by atomic mass is 10.2. The molecule has 0 unspecified atom stereocenters. The van der Waals surface area contributed by atoms with E-state index in [0.717, 1.165) is 12.1 Å². The third kappa shape index (κ3) is 5.42. The molecule has 0 heterocycles. The Kier molecular flexibility index (Phi) is 7.64. The van der Waals surface area contributed by atoms with E-state index in [1.807, 2.05) is 36.4 Å². The fraction of sp³-hybridized carbons (Fsp3) is 0.167. The number of nitrogens with one attached hydrogen (secondary N) is 1. The zero-order valence-electron chi connectivity index (χ0n) is 7.96. The van der Waals surface area contributed by atoms with Crippen LogP contribution in [-0.4, -0.2) is 13.1 Å². The molecule has 0 saturated carbocycles. The van der Waals surface area contributed by atoms with Gasteiger partial charge in [0, 0.05) is 12.1 Å². The first-order valence-corrected chi connectivity index (χ1v) is 4.29. The molecule has 0 fully saturated rings. The summed E-state index contributed by atoms with van der Waals surface area (Å²) in [6.45, 7) is 5.12. The van der Waals surface area contributed by atoms with Crippen molar-refractivity contribution in [3.05, 3.63) is 48.6 Å². The number of halogens is 1. The number of benzene rings is 1. The van der Waals surface area contributed by atoms with Gasteiger partial charge in [-0.2, -0.15) is 0 Å². The van der Waals surface area contributed by atoms with Crippen LogP contribution in [0.1, 0.15) is 5.56 Å². The van der Waals surface area contributed by atoms with Crippen LogP contribution in [0.2, 0.25) is 0 Å². The Morgan fingerprint density at radius 3 is 2.64 bits per heavy atom. The van der Waals surface area contributed by atoms with Crippen LogP contribution >= 0.6 is 0 Å². The van der Waals surface area contributed by atoms with Gasteiger partial charge in [0.2, 0.25) is 0 Å². The van der Waals surface area contributed by atoms with Gasteiger partial charge in [0.05, 0.1) is 6.54 Å². The highest BCUT2D eigenvalue weighted by atomic mass is 35.5. The second-order valence-electron chi connectivity index (χ2n) is 2.59.